The topological polar surface area (TPSA) is 75.6 Å². The zero-order valence-electron chi connectivity index (χ0n) is 15.2. The normalized spacial score (nSPS) is 18.4. The predicted molar refractivity (Wildman–Crippen MR) is 97.9 cm³/mol. The number of aromatic nitrogens is 2. The number of hydrogen-bond acceptors (Lipinski definition) is 6. The molecule has 0 bridgehead atoms. The number of carbonyl (C=O) groups is 1. The van der Waals surface area contributed by atoms with Crippen LogP contribution in [0.2, 0.25) is 0 Å². The molecule has 7 nitrogen and oxygen atoms in total. The van der Waals surface area contributed by atoms with E-state index in [4.69, 9.17) is 8.94 Å². The summed E-state index contributed by atoms with van der Waals surface area (Å²) in [5, 5.41) is 3.95. The Morgan fingerprint density at radius 1 is 1.19 bits per heavy atom. The van der Waals surface area contributed by atoms with Crippen LogP contribution in [0.1, 0.15) is 40.3 Å². The first kappa shape index (κ1) is 17.5. The molecule has 1 atom stereocenters. The van der Waals surface area contributed by atoms with E-state index in [0.29, 0.717) is 30.6 Å². The van der Waals surface area contributed by atoms with Gasteiger partial charge in [-0.2, -0.15) is 4.98 Å². The van der Waals surface area contributed by atoms with Gasteiger partial charge in [0.25, 0.3) is 5.91 Å². The fraction of sp³-hybridized carbons (Fsp3) is 0.350. The van der Waals surface area contributed by atoms with E-state index in [9.17, 15) is 4.79 Å². The Morgan fingerprint density at radius 3 is 2.74 bits per heavy atom. The molecule has 0 aliphatic carbocycles. The first-order valence-electron chi connectivity index (χ1n) is 9.11. The van der Waals surface area contributed by atoms with E-state index in [-0.39, 0.29) is 11.9 Å². The minimum absolute atomic E-state index is 0.109. The van der Waals surface area contributed by atoms with Gasteiger partial charge in [0.05, 0.1) is 6.26 Å². The third-order valence-electron chi connectivity index (χ3n) is 4.78. The maximum Gasteiger partial charge on any atom is 0.289 e. The van der Waals surface area contributed by atoms with Gasteiger partial charge in [0, 0.05) is 26.2 Å². The van der Waals surface area contributed by atoms with Crippen molar-refractivity contribution in [2.75, 3.05) is 19.6 Å². The number of amides is 1. The number of carbonyl (C=O) groups excluding carboxylic acids is 1. The zero-order chi connectivity index (χ0) is 18.6. The first-order chi connectivity index (χ1) is 13.2. The quantitative estimate of drug-likeness (QED) is 0.706. The van der Waals surface area contributed by atoms with E-state index in [1.807, 2.05) is 23.1 Å². The molecule has 2 aromatic heterocycles. The second-order valence-electron chi connectivity index (χ2n) is 6.73. The lowest BCUT2D eigenvalue weighted by atomic mass is 10.1. The molecule has 1 aliphatic rings. The molecular formula is C20H22N4O3. The van der Waals surface area contributed by atoms with Crippen LogP contribution in [0, 0.1) is 6.92 Å². The predicted octanol–water partition coefficient (Wildman–Crippen LogP) is 3.06. The number of rotatable bonds is 4. The molecule has 3 heterocycles. The van der Waals surface area contributed by atoms with Crippen molar-refractivity contribution in [3.8, 4) is 0 Å². The molecule has 1 amide bonds. The van der Waals surface area contributed by atoms with Gasteiger partial charge in [0.2, 0.25) is 5.89 Å². The number of nitrogens with zero attached hydrogens (tertiary/aromatic N) is 4. The third kappa shape index (κ3) is 3.93. The fourth-order valence-corrected chi connectivity index (χ4v) is 3.47. The van der Waals surface area contributed by atoms with Crippen LogP contribution in [0.15, 0.2) is 57.7 Å². The number of aryl methyl sites for hydroxylation is 1. The van der Waals surface area contributed by atoms with E-state index in [2.05, 4.69) is 27.2 Å². The highest BCUT2D eigenvalue weighted by molar-refractivity contribution is 5.91. The highest BCUT2D eigenvalue weighted by Crippen LogP contribution is 2.26. The number of furan rings is 1. The molecule has 0 N–H and O–H groups in total. The average molecular weight is 366 g/mol. The smallest absolute Gasteiger partial charge is 0.289 e. The molecule has 0 spiro atoms. The maximum atomic E-state index is 12.8. The van der Waals surface area contributed by atoms with Gasteiger partial charge in [0.15, 0.2) is 11.6 Å². The maximum absolute atomic E-state index is 12.8. The van der Waals surface area contributed by atoms with Crippen molar-refractivity contribution in [2.45, 2.75) is 25.9 Å². The second kappa shape index (κ2) is 7.75. The minimum Gasteiger partial charge on any atom is -0.459 e. The molecule has 0 radical (unpaired) electrons. The van der Waals surface area contributed by atoms with Crippen LogP contribution >= 0.6 is 0 Å². The second-order valence-corrected chi connectivity index (χ2v) is 6.73. The van der Waals surface area contributed by atoms with Crippen molar-refractivity contribution < 1.29 is 13.7 Å². The summed E-state index contributed by atoms with van der Waals surface area (Å²) in [6.07, 6.45) is 2.38. The van der Waals surface area contributed by atoms with Crippen LogP contribution in [0.25, 0.3) is 0 Å². The summed E-state index contributed by atoms with van der Waals surface area (Å²) in [6, 6.07) is 13.5. The van der Waals surface area contributed by atoms with Gasteiger partial charge in [-0.15, -0.1) is 0 Å². The number of hydrogen-bond donors (Lipinski definition) is 0. The molecule has 7 heteroatoms. The molecule has 4 rings (SSSR count). The first-order valence-corrected chi connectivity index (χ1v) is 9.11. The van der Waals surface area contributed by atoms with Gasteiger partial charge in [-0.05, 0) is 31.0 Å². The van der Waals surface area contributed by atoms with Crippen LogP contribution in [-0.2, 0) is 6.54 Å². The Kier molecular flexibility index (Phi) is 5.02. The minimum atomic E-state index is -0.159. The summed E-state index contributed by atoms with van der Waals surface area (Å²) in [5.74, 6) is 1.38. The molecule has 140 valence electrons. The van der Waals surface area contributed by atoms with Crippen LogP contribution in [0.3, 0.4) is 0 Å². The van der Waals surface area contributed by atoms with Crippen molar-refractivity contribution in [2.24, 2.45) is 0 Å². The average Bonchev–Trinajstić information content (AvgIpc) is 3.32. The van der Waals surface area contributed by atoms with Gasteiger partial charge >= 0.3 is 0 Å². The van der Waals surface area contributed by atoms with Gasteiger partial charge in [-0.25, -0.2) is 0 Å². The van der Waals surface area contributed by atoms with E-state index in [1.54, 1.807) is 19.1 Å². The van der Waals surface area contributed by atoms with E-state index in [1.165, 1.54) is 11.8 Å². The van der Waals surface area contributed by atoms with Gasteiger partial charge in [-0.3, -0.25) is 9.69 Å². The summed E-state index contributed by atoms with van der Waals surface area (Å²) in [5.41, 5.74) is 1.21. The van der Waals surface area contributed by atoms with Crippen molar-refractivity contribution >= 4 is 5.91 Å². The molecule has 1 saturated heterocycles. The Balaban J connectivity index is 1.60. The van der Waals surface area contributed by atoms with Crippen molar-refractivity contribution in [1.82, 2.24) is 19.9 Å². The summed E-state index contributed by atoms with van der Waals surface area (Å²) in [7, 11) is 0. The van der Waals surface area contributed by atoms with E-state index >= 15 is 0 Å². The molecule has 0 saturated carbocycles. The van der Waals surface area contributed by atoms with Crippen molar-refractivity contribution in [3.63, 3.8) is 0 Å². The molecular weight excluding hydrogens is 344 g/mol. The Hall–Kier alpha value is -2.93. The lowest BCUT2D eigenvalue weighted by Crippen LogP contribution is -2.37. The summed E-state index contributed by atoms with van der Waals surface area (Å²) >= 11 is 0. The molecule has 1 aromatic carbocycles. The fourth-order valence-electron chi connectivity index (χ4n) is 3.47. The van der Waals surface area contributed by atoms with Gasteiger partial charge in [0.1, 0.15) is 6.04 Å². The summed E-state index contributed by atoms with van der Waals surface area (Å²) in [6.45, 7) is 4.54. The molecule has 1 unspecified atom stereocenters. The molecule has 1 aliphatic heterocycles. The van der Waals surface area contributed by atoms with Crippen LogP contribution < -0.4 is 0 Å². The highest BCUT2D eigenvalue weighted by Gasteiger charge is 2.33. The Morgan fingerprint density at radius 2 is 2.04 bits per heavy atom. The zero-order valence-corrected chi connectivity index (χ0v) is 15.2. The van der Waals surface area contributed by atoms with Crippen LogP contribution in [-0.4, -0.2) is 45.5 Å². The molecule has 27 heavy (non-hydrogen) atoms. The van der Waals surface area contributed by atoms with Gasteiger partial charge < -0.3 is 13.8 Å². The Labute approximate surface area is 157 Å². The monoisotopic (exact) mass is 366 g/mol. The largest absolute Gasteiger partial charge is 0.459 e. The Bertz CT molecular complexity index is 876. The number of benzene rings is 1. The van der Waals surface area contributed by atoms with Crippen molar-refractivity contribution in [3.05, 3.63) is 71.8 Å². The standard InChI is InChI=1S/C20H22N4O3/c1-15-21-19(27-22-15)17-14-24(20(25)18-9-5-12-26-18)11-6-10-23(17)13-16-7-3-2-4-8-16/h2-5,7-9,12,17H,6,10-11,13-14H2,1H3. The lowest BCUT2D eigenvalue weighted by molar-refractivity contribution is 0.0680. The van der Waals surface area contributed by atoms with Crippen molar-refractivity contribution in [1.29, 1.82) is 0 Å². The van der Waals surface area contributed by atoms with Crippen LogP contribution in [0.4, 0.5) is 0 Å². The van der Waals surface area contributed by atoms with E-state index in [0.717, 1.165) is 19.5 Å². The summed E-state index contributed by atoms with van der Waals surface area (Å²) < 4.78 is 10.8. The van der Waals surface area contributed by atoms with Crippen LogP contribution in [0.5, 0.6) is 0 Å². The third-order valence-corrected chi connectivity index (χ3v) is 4.78. The molecule has 1 fully saturated rings. The van der Waals surface area contributed by atoms with Gasteiger partial charge in [-0.1, -0.05) is 35.5 Å². The van der Waals surface area contributed by atoms with E-state index < -0.39 is 0 Å². The summed E-state index contributed by atoms with van der Waals surface area (Å²) in [4.78, 5) is 21.4. The SMILES string of the molecule is Cc1noc(C2CN(C(=O)c3ccco3)CCCN2Cc2ccccc2)n1. The lowest BCUT2D eigenvalue weighted by Gasteiger charge is -2.29. The molecule has 3 aromatic rings. The highest BCUT2D eigenvalue weighted by atomic mass is 16.5.